The maximum atomic E-state index is 12.1. The van der Waals surface area contributed by atoms with Crippen molar-refractivity contribution in [3.05, 3.63) is 28.2 Å². The summed E-state index contributed by atoms with van der Waals surface area (Å²) < 4.78 is 81.2. The minimum atomic E-state index is -6.05. The molecule has 0 aliphatic rings. The molecule has 0 saturated heterocycles. The molecule has 0 atom stereocenters. The number of benzene rings is 1. The van der Waals surface area contributed by atoms with Crippen molar-refractivity contribution in [1.29, 1.82) is 0 Å². The minimum absolute atomic E-state index is 0.183. The van der Waals surface area contributed by atoms with Crippen LogP contribution in [0.5, 0.6) is 0 Å². The van der Waals surface area contributed by atoms with E-state index >= 15 is 0 Å². The first kappa shape index (κ1) is 16.5. The van der Waals surface area contributed by atoms with Crippen molar-refractivity contribution < 1.29 is 30.0 Å². The molecule has 1 aromatic carbocycles. The van der Waals surface area contributed by atoms with Crippen molar-refractivity contribution in [2.45, 2.75) is 10.4 Å². The summed E-state index contributed by atoms with van der Waals surface area (Å²) in [7, 11) is -11.0. The van der Waals surface area contributed by atoms with Crippen LogP contribution in [-0.4, -0.2) is 22.3 Å². The predicted octanol–water partition coefficient (Wildman–Crippen LogP) is 2.12. The number of hydrogen-bond acceptors (Lipinski definition) is 4. The maximum absolute atomic E-state index is 12.1. The average molecular weight is 358 g/mol. The van der Waals surface area contributed by atoms with Crippen LogP contribution in [0.15, 0.2) is 23.1 Å². The molecule has 19 heavy (non-hydrogen) atoms. The summed E-state index contributed by atoms with van der Waals surface area (Å²) in [5, 5.41) is -0.366. The minimum Gasteiger partial charge on any atom is -0.206 e. The highest BCUT2D eigenvalue weighted by Crippen LogP contribution is 2.26. The first-order valence-electron chi connectivity index (χ1n) is 4.16. The highest BCUT2D eigenvalue weighted by Gasteiger charge is 2.48. The Labute approximate surface area is 116 Å². The molecule has 12 heteroatoms. The van der Waals surface area contributed by atoms with Crippen molar-refractivity contribution in [3.63, 3.8) is 0 Å². The smallest absolute Gasteiger partial charge is 0.206 e. The lowest BCUT2D eigenvalue weighted by Crippen LogP contribution is -2.40. The summed E-state index contributed by atoms with van der Waals surface area (Å²) >= 11 is 10.9. The van der Waals surface area contributed by atoms with Crippen LogP contribution >= 0.6 is 23.2 Å². The van der Waals surface area contributed by atoms with Crippen molar-refractivity contribution >= 4 is 43.2 Å². The first-order chi connectivity index (χ1) is 8.35. The van der Waals surface area contributed by atoms with E-state index in [0.29, 0.717) is 4.13 Å². The van der Waals surface area contributed by atoms with E-state index in [2.05, 4.69) is 0 Å². The van der Waals surface area contributed by atoms with E-state index in [9.17, 15) is 30.0 Å². The van der Waals surface area contributed by atoms with Gasteiger partial charge in [0, 0.05) is 10.0 Å². The van der Waals surface area contributed by atoms with Gasteiger partial charge < -0.3 is 0 Å². The summed E-state index contributed by atoms with van der Waals surface area (Å²) in [4.78, 5) is -0.808. The van der Waals surface area contributed by atoms with Crippen LogP contribution in [0.2, 0.25) is 10.0 Å². The second-order valence-corrected chi connectivity index (χ2v) is 7.63. The summed E-state index contributed by atoms with van der Waals surface area (Å²) in [6, 6.07) is 2.63. The number of sulfonamides is 2. The Morgan fingerprint density at radius 1 is 0.947 bits per heavy atom. The van der Waals surface area contributed by atoms with Crippen LogP contribution in [0.1, 0.15) is 0 Å². The maximum Gasteiger partial charge on any atom is 0.512 e. The predicted molar refractivity (Wildman–Crippen MR) is 61.8 cm³/mol. The molecule has 0 amide bonds. The van der Waals surface area contributed by atoms with Gasteiger partial charge in [-0.2, -0.15) is 13.2 Å². The standard InChI is InChI=1S/C7H4Cl2F3NO4S2/c8-4-1-5(9)3-6(2-4)18(14,15)13-19(16,17)7(10,11)12/h1-3,13H. The monoisotopic (exact) mass is 357 g/mol. The van der Waals surface area contributed by atoms with E-state index in [-0.39, 0.29) is 10.0 Å². The third kappa shape index (κ3) is 3.96. The average Bonchev–Trinajstić information content (AvgIpc) is 2.12. The number of alkyl halides is 3. The number of hydrogen-bond donors (Lipinski definition) is 1. The third-order valence-corrected chi connectivity index (χ3v) is 5.33. The molecular formula is C7H4Cl2F3NO4S2. The van der Waals surface area contributed by atoms with Gasteiger partial charge in [0.25, 0.3) is 10.0 Å². The van der Waals surface area contributed by atoms with Gasteiger partial charge in [-0.3, -0.25) is 0 Å². The van der Waals surface area contributed by atoms with Gasteiger partial charge in [-0.05, 0) is 18.2 Å². The lowest BCUT2D eigenvalue weighted by Gasteiger charge is -2.10. The summed E-state index contributed by atoms with van der Waals surface area (Å²) in [6.45, 7) is 0. The summed E-state index contributed by atoms with van der Waals surface area (Å²) in [5.41, 5.74) is -5.76. The molecule has 0 aliphatic heterocycles. The molecule has 1 N–H and O–H groups in total. The van der Waals surface area contributed by atoms with E-state index in [4.69, 9.17) is 23.2 Å². The Balaban J connectivity index is 3.27. The third-order valence-electron chi connectivity index (χ3n) is 1.67. The van der Waals surface area contributed by atoms with E-state index in [0.717, 1.165) is 18.2 Å². The molecule has 0 aliphatic carbocycles. The number of nitrogens with one attached hydrogen (secondary N) is 1. The zero-order valence-corrected chi connectivity index (χ0v) is 11.7. The number of halogens is 5. The van der Waals surface area contributed by atoms with Gasteiger partial charge >= 0.3 is 15.5 Å². The highest BCUT2D eigenvalue weighted by molar-refractivity contribution is 8.05. The van der Waals surface area contributed by atoms with Gasteiger partial charge in [0.05, 0.1) is 4.90 Å². The Morgan fingerprint density at radius 2 is 1.37 bits per heavy atom. The van der Waals surface area contributed by atoms with E-state index < -0.39 is 30.5 Å². The molecule has 1 aromatic rings. The molecule has 0 fully saturated rings. The molecule has 0 unspecified atom stereocenters. The molecule has 1 rings (SSSR count). The molecule has 0 saturated carbocycles. The van der Waals surface area contributed by atoms with Crippen molar-refractivity contribution in [1.82, 2.24) is 4.13 Å². The zero-order valence-electron chi connectivity index (χ0n) is 8.57. The molecule has 0 spiro atoms. The fourth-order valence-corrected chi connectivity index (χ4v) is 4.06. The van der Waals surface area contributed by atoms with Gasteiger partial charge in [0.2, 0.25) is 0 Å². The van der Waals surface area contributed by atoms with E-state index in [1.165, 1.54) is 0 Å². The van der Waals surface area contributed by atoms with Gasteiger partial charge in [-0.25, -0.2) is 16.8 Å². The quantitative estimate of drug-likeness (QED) is 0.898. The lowest BCUT2D eigenvalue weighted by atomic mass is 10.4. The second-order valence-electron chi connectivity index (χ2n) is 3.14. The largest absolute Gasteiger partial charge is 0.512 e. The van der Waals surface area contributed by atoms with Crippen LogP contribution in [0.25, 0.3) is 0 Å². The van der Waals surface area contributed by atoms with Crippen LogP contribution < -0.4 is 4.13 Å². The fraction of sp³-hybridized carbons (Fsp3) is 0.143. The fourth-order valence-electron chi connectivity index (χ4n) is 0.923. The normalized spacial score (nSPS) is 13.5. The van der Waals surface area contributed by atoms with Crippen molar-refractivity contribution in [2.75, 3.05) is 0 Å². The summed E-state index contributed by atoms with van der Waals surface area (Å²) in [5.74, 6) is 0. The molecule has 0 radical (unpaired) electrons. The SMILES string of the molecule is O=S(=O)(NS(=O)(=O)C(F)(F)F)c1cc(Cl)cc(Cl)c1. The molecule has 0 heterocycles. The second kappa shape index (κ2) is 5.09. The Morgan fingerprint density at radius 3 is 1.74 bits per heavy atom. The topological polar surface area (TPSA) is 80.3 Å². The van der Waals surface area contributed by atoms with Crippen molar-refractivity contribution in [2.24, 2.45) is 0 Å². The Kier molecular flexibility index (Phi) is 4.42. The Bertz CT molecular complexity index is 679. The molecule has 0 aromatic heterocycles. The first-order valence-corrected chi connectivity index (χ1v) is 7.88. The molecular weight excluding hydrogens is 354 g/mol. The highest BCUT2D eigenvalue weighted by atomic mass is 35.5. The van der Waals surface area contributed by atoms with E-state index in [1.807, 2.05) is 0 Å². The number of rotatable bonds is 3. The molecule has 0 bridgehead atoms. The van der Waals surface area contributed by atoms with Gasteiger partial charge in [0.15, 0.2) is 0 Å². The molecule has 108 valence electrons. The van der Waals surface area contributed by atoms with Crippen LogP contribution in [0.3, 0.4) is 0 Å². The lowest BCUT2D eigenvalue weighted by molar-refractivity contribution is -0.0441. The van der Waals surface area contributed by atoms with Crippen molar-refractivity contribution in [3.8, 4) is 0 Å². The van der Waals surface area contributed by atoms with Gasteiger partial charge in [-0.15, -0.1) is 0 Å². The molecule has 5 nitrogen and oxygen atoms in total. The van der Waals surface area contributed by atoms with Crippen LogP contribution in [-0.2, 0) is 20.0 Å². The summed E-state index contributed by atoms with van der Waals surface area (Å²) in [6.07, 6.45) is 0. The van der Waals surface area contributed by atoms with E-state index in [1.54, 1.807) is 0 Å². The Hall–Kier alpha value is -0.550. The van der Waals surface area contributed by atoms with Gasteiger partial charge in [0.1, 0.15) is 0 Å². The van der Waals surface area contributed by atoms with Crippen LogP contribution in [0, 0.1) is 0 Å². The zero-order chi connectivity index (χ0) is 15.1. The van der Waals surface area contributed by atoms with Gasteiger partial charge in [-0.1, -0.05) is 27.3 Å². The van der Waals surface area contributed by atoms with Crippen LogP contribution in [0.4, 0.5) is 13.2 Å².